The number of primary amides is 1. The molecule has 1 atom stereocenters. The predicted molar refractivity (Wildman–Crippen MR) is 95.3 cm³/mol. The second kappa shape index (κ2) is 9.12. The lowest BCUT2D eigenvalue weighted by Crippen LogP contribution is -2.41. The molecule has 7 nitrogen and oxygen atoms in total. The van der Waals surface area contributed by atoms with Crippen LogP contribution in [-0.4, -0.2) is 67.6 Å². The molecule has 1 aromatic rings. The molecule has 1 aliphatic rings. The van der Waals surface area contributed by atoms with Gasteiger partial charge in [-0.3, -0.25) is 14.7 Å². The lowest BCUT2D eigenvalue weighted by molar-refractivity contribution is -0.146. The fourth-order valence-electron chi connectivity index (χ4n) is 3.20. The van der Waals surface area contributed by atoms with Gasteiger partial charge in [-0.1, -0.05) is 6.92 Å². The number of carbonyl (C=O) groups excluding carboxylic acids is 1. The smallest absolute Gasteiger partial charge is 0.401 e. The Labute approximate surface area is 156 Å². The van der Waals surface area contributed by atoms with Crippen molar-refractivity contribution in [3.8, 4) is 0 Å². The van der Waals surface area contributed by atoms with Gasteiger partial charge in [0.1, 0.15) is 5.76 Å². The molecule has 1 fully saturated rings. The first kappa shape index (κ1) is 21.1. The van der Waals surface area contributed by atoms with Crippen LogP contribution in [0.3, 0.4) is 0 Å². The average Bonchev–Trinajstić information content (AvgIpc) is 3.23. The van der Waals surface area contributed by atoms with Gasteiger partial charge in [-0.15, -0.1) is 0 Å². The van der Waals surface area contributed by atoms with Crippen LogP contribution in [0.5, 0.6) is 0 Å². The van der Waals surface area contributed by atoms with Crippen molar-refractivity contribution in [2.24, 2.45) is 16.6 Å². The summed E-state index contributed by atoms with van der Waals surface area (Å²) in [4.78, 5) is 18.7. The molecule has 0 aliphatic carbocycles. The second-order valence-electron chi connectivity index (χ2n) is 6.57. The number of nitrogens with two attached hydrogens (primary N) is 1. The molecular weight excluding hydrogens is 363 g/mol. The molecule has 0 radical (unpaired) electrons. The summed E-state index contributed by atoms with van der Waals surface area (Å²) >= 11 is 0. The second-order valence-corrected chi connectivity index (χ2v) is 6.57. The minimum Gasteiger partial charge on any atom is -0.454 e. The van der Waals surface area contributed by atoms with Crippen molar-refractivity contribution in [2.75, 3.05) is 39.8 Å². The van der Waals surface area contributed by atoms with Crippen LogP contribution < -0.4 is 11.1 Å². The number of hydrogen-bond donors (Lipinski definition) is 2. The standard InChI is InChI=1S/C17H26F3N5O2/c1-3-24(11-17(18,19)20)9-12-6-7-25(10-12)16(22-2)23-8-13-4-5-14(27-13)15(21)26/h4-5,12H,3,6-11H2,1-2H3,(H2,21,26)(H,22,23). The summed E-state index contributed by atoms with van der Waals surface area (Å²) in [5.74, 6) is 0.798. The normalized spacial score (nSPS) is 18.4. The van der Waals surface area contributed by atoms with Crippen molar-refractivity contribution in [1.29, 1.82) is 0 Å². The molecule has 1 aromatic heterocycles. The quantitative estimate of drug-likeness (QED) is 0.547. The molecule has 3 N–H and O–H groups in total. The maximum Gasteiger partial charge on any atom is 0.401 e. The predicted octanol–water partition coefficient (Wildman–Crippen LogP) is 1.66. The first-order valence-corrected chi connectivity index (χ1v) is 8.85. The van der Waals surface area contributed by atoms with E-state index in [4.69, 9.17) is 10.2 Å². The number of rotatable bonds is 7. The van der Waals surface area contributed by atoms with Gasteiger partial charge in [-0.25, -0.2) is 0 Å². The Kier molecular flexibility index (Phi) is 7.11. The highest BCUT2D eigenvalue weighted by molar-refractivity contribution is 5.89. The summed E-state index contributed by atoms with van der Waals surface area (Å²) in [5, 5.41) is 3.14. The van der Waals surface area contributed by atoms with Gasteiger partial charge in [0.25, 0.3) is 5.91 Å². The highest BCUT2D eigenvalue weighted by Gasteiger charge is 2.33. The van der Waals surface area contributed by atoms with Gasteiger partial charge in [0.2, 0.25) is 0 Å². The summed E-state index contributed by atoms with van der Waals surface area (Å²) in [5.41, 5.74) is 5.15. The fourth-order valence-corrected chi connectivity index (χ4v) is 3.20. The number of aliphatic imine (C=N–C) groups is 1. The Morgan fingerprint density at radius 3 is 2.78 bits per heavy atom. The number of hydrogen-bond acceptors (Lipinski definition) is 4. The SMILES string of the molecule is CCN(CC1CCN(C(=NC)NCc2ccc(C(N)=O)o2)C1)CC(F)(F)F. The van der Waals surface area contributed by atoms with Crippen LogP contribution >= 0.6 is 0 Å². The third-order valence-electron chi connectivity index (χ3n) is 4.49. The third kappa shape index (κ3) is 6.46. The largest absolute Gasteiger partial charge is 0.454 e. The zero-order chi connectivity index (χ0) is 20.0. The van der Waals surface area contributed by atoms with Gasteiger partial charge >= 0.3 is 6.18 Å². The Morgan fingerprint density at radius 1 is 1.48 bits per heavy atom. The van der Waals surface area contributed by atoms with E-state index in [1.54, 1.807) is 20.0 Å². The number of nitrogens with one attached hydrogen (secondary N) is 1. The number of furan rings is 1. The van der Waals surface area contributed by atoms with Crippen molar-refractivity contribution < 1.29 is 22.4 Å². The maximum absolute atomic E-state index is 12.6. The first-order valence-electron chi connectivity index (χ1n) is 8.85. The molecule has 1 aliphatic heterocycles. The van der Waals surface area contributed by atoms with Gasteiger partial charge in [-0.2, -0.15) is 13.2 Å². The van der Waals surface area contributed by atoms with Crippen LogP contribution in [0.1, 0.15) is 29.7 Å². The van der Waals surface area contributed by atoms with Gasteiger partial charge in [0.15, 0.2) is 11.7 Å². The van der Waals surface area contributed by atoms with E-state index < -0.39 is 18.6 Å². The van der Waals surface area contributed by atoms with Crippen molar-refractivity contribution in [3.05, 3.63) is 23.7 Å². The minimum atomic E-state index is -4.18. The van der Waals surface area contributed by atoms with Crippen LogP contribution in [0, 0.1) is 5.92 Å². The van der Waals surface area contributed by atoms with Gasteiger partial charge < -0.3 is 20.4 Å². The van der Waals surface area contributed by atoms with E-state index >= 15 is 0 Å². The van der Waals surface area contributed by atoms with E-state index in [-0.39, 0.29) is 11.7 Å². The molecule has 2 heterocycles. The first-order chi connectivity index (χ1) is 12.7. The van der Waals surface area contributed by atoms with Crippen molar-refractivity contribution >= 4 is 11.9 Å². The fraction of sp³-hybridized carbons (Fsp3) is 0.647. The van der Waals surface area contributed by atoms with E-state index in [9.17, 15) is 18.0 Å². The highest BCUT2D eigenvalue weighted by Crippen LogP contribution is 2.21. The monoisotopic (exact) mass is 389 g/mol. The molecule has 0 saturated carbocycles. The number of nitrogens with zero attached hydrogens (tertiary/aromatic N) is 3. The summed E-state index contributed by atoms with van der Waals surface area (Å²) in [6, 6.07) is 3.16. The summed E-state index contributed by atoms with van der Waals surface area (Å²) in [6.45, 7) is 3.32. The Morgan fingerprint density at radius 2 is 2.22 bits per heavy atom. The van der Waals surface area contributed by atoms with Gasteiger partial charge in [0.05, 0.1) is 13.1 Å². The minimum absolute atomic E-state index is 0.0901. The molecule has 0 spiro atoms. The molecular formula is C17H26F3N5O2. The Balaban J connectivity index is 1.85. The highest BCUT2D eigenvalue weighted by atomic mass is 19.4. The lowest BCUT2D eigenvalue weighted by Gasteiger charge is -2.26. The van der Waals surface area contributed by atoms with Crippen molar-refractivity contribution in [3.63, 3.8) is 0 Å². The Hall–Kier alpha value is -2.23. The summed E-state index contributed by atoms with van der Waals surface area (Å²) in [6.07, 6.45) is -3.37. The van der Waals surface area contributed by atoms with E-state index in [0.29, 0.717) is 37.9 Å². The third-order valence-corrected chi connectivity index (χ3v) is 4.49. The average molecular weight is 389 g/mol. The lowest BCUT2D eigenvalue weighted by atomic mass is 10.1. The van der Waals surface area contributed by atoms with Crippen LogP contribution in [0.2, 0.25) is 0 Å². The molecule has 0 aromatic carbocycles. The topological polar surface area (TPSA) is 87.1 Å². The van der Waals surface area contributed by atoms with E-state index in [1.807, 2.05) is 4.90 Å². The zero-order valence-electron chi connectivity index (χ0n) is 15.6. The molecule has 1 amide bonds. The number of likely N-dealkylation sites (tertiary alicyclic amines) is 1. The van der Waals surface area contributed by atoms with Crippen LogP contribution in [-0.2, 0) is 6.54 Å². The van der Waals surface area contributed by atoms with E-state index in [2.05, 4.69) is 10.3 Å². The zero-order valence-corrected chi connectivity index (χ0v) is 15.6. The number of guanidine groups is 1. The molecule has 27 heavy (non-hydrogen) atoms. The number of halogens is 3. The number of alkyl halides is 3. The molecule has 10 heteroatoms. The molecule has 1 unspecified atom stereocenters. The Bertz CT molecular complexity index is 659. The summed E-state index contributed by atoms with van der Waals surface area (Å²) in [7, 11) is 1.65. The van der Waals surface area contributed by atoms with E-state index in [1.165, 1.54) is 11.0 Å². The van der Waals surface area contributed by atoms with Crippen LogP contribution in [0.25, 0.3) is 0 Å². The van der Waals surface area contributed by atoms with Crippen LogP contribution in [0.15, 0.2) is 21.5 Å². The number of carbonyl (C=O) groups is 1. The molecule has 1 saturated heterocycles. The molecule has 2 rings (SSSR count). The van der Waals surface area contributed by atoms with Crippen LogP contribution in [0.4, 0.5) is 13.2 Å². The van der Waals surface area contributed by atoms with Crippen molar-refractivity contribution in [2.45, 2.75) is 26.1 Å². The van der Waals surface area contributed by atoms with E-state index in [0.717, 1.165) is 13.0 Å². The summed E-state index contributed by atoms with van der Waals surface area (Å²) < 4.78 is 43.2. The number of amides is 1. The maximum atomic E-state index is 12.6. The van der Waals surface area contributed by atoms with Gasteiger partial charge in [0, 0.05) is 26.7 Å². The molecule has 152 valence electrons. The molecule has 0 bridgehead atoms. The van der Waals surface area contributed by atoms with Gasteiger partial charge in [-0.05, 0) is 31.0 Å². The van der Waals surface area contributed by atoms with Crippen molar-refractivity contribution in [1.82, 2.24) is 15.1 Å².